The van der Waals surface area contributed by atoms with Crippen molar-refractivity contribution in [1.82, 2.24) is 0 Å². The minimum atomic E-state index is -4.15. The molecule has 0 bridgehead atoms. The number of benzene rings is 2. The summed E-state index contributed by atoms with van der Waals surface area (Å²) in [4.78, 5) is 9.91. The van der Waals surface area contributed by atoms with Crippen molar-refractivity contribution < 1.29 is 22.6 Å². The van der Waals surface area contributed by atoms with Gasteiger partial charge in [-0.25, -0.2) is 0 Å². The van der Waals surface area contributed by atoms with E-state index in [1.165, 1.54) is 30.3 Å². The first-order valence-electron chi connectivity index (χ1n) is 6.20. The van der Waals surface area contributed by atoms with Gasteiger partial charge in [-0.3, -0.25) is 10.1 Å². The molecule has 0 saturated heterocycles. The standard InChI is InChI=1S/C14H13NO6S/c1-9-6-13(7-10(2)14(9)16)22(19,20)21-12-5-3-4-11(8-12)15(17)18/h3-8,16H,1-2H3. The van der Waals surface area contributed by atoms with Gasteiger partial charge < -0.3 is 9.29 Å². The molecule has 0 aliphatic heterocycles. The van der Waals surface area contributed by atoms with Crippen molar-refractivity contribution >= 4 is 15.8 Å². The topological polar surface area (TPSA) is 107 Å². The van der Waals surface area contributed by atoms with Crippen LogP contribution in [0.4, 0.5) is 5.69 Å². The molecule has 0 spiro atoms. The fourth-order valence-corrected chi connectivity index (χ4v) is 2.98. The van der Waals surface area contributed by atoms with E-state index >= 15 is 0 Å². The predicted octanol–water partition coefficient (Wildman–Crippen LogP) is 2.68. The van der Waals surface area contributed by atoms with E-state index in [9.17, 15) is 23.6 Å². The van der Waals surface area contributed by atoms with Gasteiger partial charge in [0.2, 0.25) is 0 Å². The molecule has 0 aliphatic rings. The van der Waals surface area contributed by atoms with Gasteiger partial charge in [0, 0.05) is 6.07 Å². The molecule has 8 heteroatoms. The highest BCUT2D eigenvalue weighted by atomic mass is 32.2. The van der Waals surface area contributed by atoms with Gasteiger partial charge in [-0.1, -0.05) is 6.07 Å². The number of aryl methyl sites for hydroxylation is 2. The van der Waals surface area contributed by atoms with E-state index in [4.69, 9.17) is 4.18 Å². The maximum absolute atomic E-state index is 12.2. The fourth-order valence-electron chi connectivity index (χ4n) is 1.88. The first-order valence-corrected chi connectivity index (χ1v) is 7.60. The van der Waals surface area contributed by atoms with Crippen LogP contribution < -0.4 is 4.18 Å². The Morgan fingerprint density at radius 3 is 2.27 bits per heavy atom. The Labute approximate surface area is 127 Å². The lowest BCUT2D eigenvalue weighted by molar-refractivity contribution is -0.384. The number of hydrogen-bond acceptors (Lipinski definition) is 6. The van der Waals surface area contributed by atoms with Gasteiger partial charge in [0.15, 0.2) is 0 Å². The van der Waals surface area contributed by atoms with Crippen molar-refractivity contribution in [3.8, 4) is 11.5 Å². The fraction of sp³-hybridized carbons (Fsp3) is 0.143. The normalized spacial score (nSPS) is 11.2. The zero-order valence-corrected chi connectivity index (χ0v) is 12.6. The van der Waals surface area contributed by atoms with Crippen LogP contribution in [0.15, 0.2) is 41.3 Å². The maximum atomic E-state index is 12.2. The monoisotopic (exact) mass is 323 g/mol. The molecule has 22 heavy (non-hydrogen) atoms. The molecule has 0 heterocycles. The largest absolute Gasteiger partial charge is 0.507 e. The van der Waals surface area contributed by atoms with Gasteiger partial charge >= 0.3 is 10.1 Å². The van der Waals surface area contributed by atoms with Crippen LogP contribution in [0.25, 0.3) is 0 Å². The molecule has 7 nitrogen and oxygen atoms in total. The summed E-state index contributed by atoms with van der Waals surface area (Å²) in [6.07, 6.45) is 0. The second kappa shape index (κ2) is 5.64. The molecule has 116 valence electrons. The van der Waals surface area contributed by atoms with Gasteiger partial charge in [0.25, 0.3) is 5.69 Å². The molecule has 0 unspecified atom stereocenters. The van der Waals surface area contributed by atoms with Crippen LogP contribution in [0.1, 0.15) is 11.1 Å². The van der Waals surface area contributed by atoms with E-state index in [1.54, 1.807) is 13.8 Å². The minimum Gasteiger partial charge on any atom is -0.507 e. The highest BCUT2D eigenvalue weighted by Gasteiger charge is 2.20. The molecule has 0 atom stereocenters. The number of aromatic hydroxyl groups is 1. The Morgan fingerprint density at radius 2 is 1.73 bits per heavy atom. The van der Waals surface area contributed by atoms with Crippen LogP contribution in [0.5, 0.6) is 11.5 Å². The summed E-state index contributed by atoms with van der Waals surface area (Å²) >= 11 is 0. The molecule has 0 fully saturated rings. The number of nitro groups is 1. The Hall–Kier alpha value is -2.61. The molecule has 2 rings (SSSR count). The highest BCUT2D eigenvalue weighted by molar-refractivity contribution is 7.87. The van der Waals surface area contributed by atoms with E-state index in [0.717, 1.165) is 6.07 Å². The lowest BCUT2D eigenvalue weighted by Gasteiger charge is -2.10. The van der Waals surface area contributed by atoms with Gasteiger partial charge in [0.1, 0.15) is 16.4 Å². The molecular weight excluding hydrogens is 310 g/mol. The second-order valence-electron chi connectivity index (χ2n) is 4.70. The van der Waals surface area contributed by atoms with Crippen LogP contribution in [-0.2, 0) is 10.1 Å². The number of non-ortho nitro benzene ring substituents is 1. The first kappa shape index (κ1) is 15.8. The Morgan fingerprint density at radius 1 is 1.14 bits per heavy atom. The number of phenolic OH excluding ortho intramolecular Hbond substituents is 1. The number of nitro benzene ring substituents is 1. The molecule has 0 radical (unpaired) electrons. The van der Waals surface area contributed by atoms with Crippen molar-refractivity contribution in [3.63, 3.8) is 0 Å². The molecule has 0 saturated carbocycles. The zero-order valence-electron chi connectivity index (χ0n) is 11.8. The van der Waals surface area contributed by atoms with Crippen LogP contribution in [0, 0.1) is 24.0 Å². The van der Waals surface area contributed by atoms with E-state index in [0.29, 0.717) is 11.1 Å². The van der Waals surface area contributed by atoms with Crippen LogP contribution in [0.2, 0.25) is 0 Å². The summed E-state index contributed by atoms with van der Waals surface area (Å²) in [6.45, 7) is 3.13. The number of hydrogen-bond donors (Lipinski definition) is 1. The molecule has 0 amide bonds. The molecule has 0 aromatic heterocycles. The maximum Gasteiger partial charge on any atom is 0.339 e. The van der Waals surface area contributed by atoms with Gasteiger partial charge in [-0.2, -0.15) is 8.42 Å². The molecular formula is C14H13NO6S. The minimum absolute atomic E-state index is 0.00861. The second-order valence-corrected chi connectivity index (χ2v) is 6.24. The summed E-state index contributed by atoms with van der Waals surface area (Å²) in [6, 6.07) is 7.44. The SMILES string of the molecule is Cc1cc(S(=O)(=O)Oc2cccc([N+](=O)[O-])c2)cc(C)c1O. The first-order chi connectivity index (χ1) is 10.2. The van der Waals surface area contributed by atoms with Crippen molar-refractivity contribution in [2.45, 2.75) is 18.7 Å². The smallest absolute Gasteiger partial charge is 0.339 e. The molecule has 2 aromatic rings. The quantitative estimate of drug-likeness (QED) is 0.526. The number of rotatable bonds is 4. The summed E-state index contributed by atoms with van der Waals surface area (Å²) in [5.41, 5.74) is 0.508. The van der Waals surface area contributed by atoms with Crippen LogP contribution in [0.3, 0.4) is 0 Å². The van der Waals surface area contributed by atoms with E-state index in [1.807, 2.05) is 0 Å². The third-order valence-corrected chi connectivity index (χ3v) is 4.21. The Bertz CT molecular complexity index is 821. The third kappa shape index (κ3) is 3.17. The summed E-state index contributed by atoms with van der Waals surface area (Å²) in [7, 11) is -4.15. The summed E-state index contributed by atoms with van der Waals surface area (Å²) < 4.78 is 29.4. The Balaban J connectivity index is 2.40. The van der Waals surface area contributed by atoms with E-state index in [-0.39, 0.29) is 22.1 Å². The van der Waals surface area contributed by atoms with E-state index in [2.05, 4.69) is 0 Å². The highest BCUT2D eigenvalue weighted by Crippen LogP contribution is 2.28. The third-order valence-electron chi connectivity index (χ3n) is 2.99. The van der Waals surface area contributed by atoms with Crippen LogP contribution >= 0.6 is 0 Å². The average molecular weight is 323 g/mol. The molecule has 0 aliphatic carbocycles. The lowest BCUT2D eigenvalue weighted by atomic mass is 10.1. The van der Waals surface area contributed by atoms with Gasteiger partial charge in [-0.05, 0) is 43.2 Å². The van der Waals surface area contributed by atoms with Crippen LogP contribution in [-0.4, -0.2) is 18.4 Å². The molecule has 2 aromatic carbocycles. The summed E-state index contributed by atoms with van der Waals surface area (Å²) in [5.74, 6) is -0.146. The average Bonchev–Trinajstić information content (AvgIpc) is 2.44. The van der Waals surface area contributed by atoms with Crippen molar-refractivity contribution in [2.24, 2.45) is 0 Å². The number of phenols is 1. The molecule has 1 N–H and O–H groups in total. The van der Waals surface area contributed by atoms with Gasteiger partial charge in [-0.15, -0.1) is 0 Å². The van der Waals surface area contributed by atoms with E-state index < -0.39 is 15.0 Å². The van der Waals surface area contributed by atoms with Crippen molar-refractivity contribution in [1.29, 1.82) is 0 Å². The predicted molar refractivity (Wildman–Crippen MR) is 78.5 cm³/mol. The van der Waals surface area contributed by atoms with Gasteiger partial charge in [0.05, 0.1) is 11.0 Å². The van der Waals surface area contributed by atoms with Crippen molar-refractivity contribution in [3.05, 3.63) is 57.6 Å². The van der Waals surface area contributed by atoms with Crippen molar-refractivity contribution in [2.75, 3.05) is 0 Å². The lowest BCUT2D eigenvalue weighted by Crippen LogP contribution is -2.10. The zero-order chi connectivity index (χ0) is 16.5. The number of nitrogens with zero attached hydrogens (tertiary/aromatic N) is 1. The Kier molecular flexibility index (Phi) is 4.05. The summed E-state index contributed by atoms with van der Waals surface area (Å²) in [5, 5.41) is 20.4.